The highest BCUT2D eigenvalue weighted by molar-refractivity contribution is 5.07. The lowest BCUT2D eigenvalue weighted by molar-refractivity contribution is -0.109. The number of hydrogen-bond acceptors (Lipinski definition) is 0. The van der Waals surface area contributed by atoms with Gasteiger partial charge in [-0.3, -0.25) is 0 Å². The Morgan fingerprint density at radius 3 is 1.91 bits per heavy atom. The second-order valence-electron chi connectivity index (χ2n) is 5.35. The largest absolute Gasteiger partial charge is 0.0619 e. The Balaban J connectivity index is 2.21. The van der Waals surface area contributed by atoms with E-state index in [1.54, 1.807) is 0 Å². The van der Waals surface area contributed by atoms with Gasteiger partial charge in [0.1, 0.15) is 0 Å². The Hall–Kier alpha value is 0. The van der Waals surface area contributed by atoms with Crippen LogP contribution >= 0.6 is 0 Å². The third kappa shape index (κ3) is 0.761. The van der Waals surface area contributed by atoms with Crippen LogP contribution in [0.4, 0.5) is 0 Å². The molecule has 0 amide bonds. The van der Waals surface area contributed by atoms with Crippen LogP contribution in [0.25, 0.3) is 0 Å². The third-order valence-electron chi connectivity index (χ3n) is 4.60. The summed E-state index contributed by atoms with van der Waals surface area (Å²) in [5.41, 5.74) is 1.44. The lowest BCUT2D eigenvalue weighted by atomic mass is 9.45. The molecule has 11 heavy (non-hydrogen) atoms. The van der Waals surface area contributed by atoms with Crippen LogP contribution < -0.4 is 0 Å². The minimum absolute atomic E-state index is 0.670. The Kier molecular flexibility index (Phi) is 1.41. The number of hydrogen-bond donors (Lipinski definition) is 0. The minimum Gasteiger partial charge on any atom is -0.0619 e. The second kappa shape index (κ2) is 2.02. The topological polar surface area (TPSA) is 0 Å². The van der Waals surface area contributed by atoms with Crippen molar-refractivity contribution in [1.82, 2.24) is 0 Å². The monoisotopic (exact) mass is 152 g/mol. The summed E-state index contributed by atoms with van der Waals surface area (Å²) in [7, 11) is 0. The molecule has 1 unspecified atom stereocenters. The van der Waals surface area contributed by atoms with Crippen molar-refractivity contribution in [3.05, 3.63) is 0 Å². The lowest BCUT2D eigenvalue weighted by Gasteiger charge is -2.60. The first kappa shape index (κ1) is 7.64. The van der Waals surface area contributed by atoms with E-state index in [9.17, 15) is 0 Å². The summed E-state index contributed by atoms with van der Waals surface area (Å²) in [6.07, 6.45) is 7.48. The highest BCUT2D eigenvalue weighted by Crippen LogP contribution is 2.67. The van der Waals surface area contributed by atoms with E-state index in [0.29, 0.717) is 5.41 Å². The van der Waals surface area contributed by atoms with E-state index in [-0.39, 0.29) is 0 Å². The zero-order chi connectivity index (χ0) is 8.11. The molecule has 2 aliphatic carbocycles. The summed E-state index contributed by atoms with van der Waals surface area (Å²) in [6.45, 7) is 7.40. The first-order chi connectivity index (χ1) is 5.08. The van der Waals surface area contributed by atoms with Crippen LogP contribution in [0, 0.1) is 16.7 Å². The summed E-state index contributed by atoms with van der Waals surface area (Å²) < 4.78 is 0. The van der Waals surface area contributed by atoms with E-state index in [1.165, 1.54) is 32.1 Å². The van der Waals surface area contributed by atoms with Gasteiger partial charge in [0.05, 0.1) is 0 Å². The van der Waals surface area contributed by atoms with Crippen molar-refractivity contribution in [3.8, 4) is 0 Å². The first-order valence-electron chi connectivity index (χ1n) is 5.08. The average molecular weight is 152 g/mol. The second-order valence-corrected chi connectivity index (χ2v) is 5.35. The van der Waals surface area contributed by atoms with E-state index >= 15 is 0 Å². The molecule has 0 aromatic rings. The van der Waals surface area contributed by atoms with Crippen molar-refractivity contribution in [2.45, 2.75) is 52.9 Å². The van der Waals surface area contributed by atoms with Crippen molar-refractivity contribution in [2.24, 2.45) is 16.7 Å². The van der Waals surface area contributed by atoms with Gasteiger partial charge in [-0.05, 0) is 36.0 Å². The van der Waals surface area contributed by atoms with E-state index in [2.05, 4.69) is 20.8 Å². The average Bonchev–Trinajstić information content (AvgIpc) is 2.34. The predicted octanol–water partition coefficient (Wildman–Crippen LogP) is 3.61. The molecule has 0 aromatic carbocycles. The summed E-state index contributed by atoms with van der Waals surface area (Å²) in [4.78, 5) is 0. The molecule has 0 aromatic heterocycles. The van der Waals surface area contributed by atoms with E-state index in [4.69, 9.17) is 0 Å². The summed E-state index contributed by atoms with van der Waals surface area (Å²) >= 11 is 0. The van der Waals surface area contributed by atoms with E-state index < -0.39 is 0 Å². The quantitative estimate of drug-likeness (QED) is 0.497. The Labute approximate surface area is 70.4 Å². The highest BCUT2D eigenvalue weighted by atomic mass is 14.6. The summed E-state index contributed by atoms with van der Waals surface area (Å²) in [5.74, 6) is 1.01. The molecule has 64 valence electrons. The van der Waals surface area contributed by atoms with Crippen LogP contribution in [0.5, 0.6) is 0 Å². The van der Waals surface area contributed by atoms with Gasteiger partial charge >= 0.3 is 0 Å². The molecule has 2 fully saturated rings. The van der Waals surface area contributed by atoms with Crippen molar-refractivity contribution < 1.29 is 0 Å². The van der Waals surface area contributed by atoms with Crippen LogP contribution in [0.3, 0.4) is 0 Å². The maximum atomic E-state index is 2.47. The molecule has 2 aliphatic rings. The van der Waals surface area contributed by atoms with Crippen molar-refractivity contribution >= 4 is 0 Å². The van der Waals surface area contributed by atoms with Crippen molar-refractivity contribution in [1.29, 1.82) is 0 Å². The van der Waals surface area contributed by atoms with Gasteiger partial charge in [0, 0.05) is 0 Å². The smallest absolute Gasteiger partial charge is 0.0220 e. The molecule has 0 heteroatoms. The lowest BCUT2D eigenvalue weighted by Crippen LogP contribution is -2.52. The number of rotatable bonds is 0. The first-order valence-corrected chi connectivity index (χ1v) is 5.08. The third-order valence-corrected chi connectivity index (χ3v) is 4.60. The molecule has 0 N–H and O–H groups in total. The van der Waals surface area contributed by atoms with Gasteiger partial charge in [0.2, 0.25) is 0 Å². The van der Waals surface area contributed by atoms with Crippen LogP contribution in [0.1, 0.15) is 52.9 Å². The molecule has 0 heterocycles. The van der Waals surface area contributed by atoms with Crippen LogP contribution in [-0.4, -0.2) is 0 Å². The zero-order valence-corrected chi connectivity index (χ0v) is 8.11. The maximum Gasteiger partial charge on any atom is -0.0220 e. The Morgan fingerprint density at radius 2 is 1.64 bits per heavy atom. The molecule has 0 radical (unpaired) electrons. The molecule has 2 rings (SSSR count). The Morgan fingerprint density at radius 1 is 1.09 bits per heavy atom. The maximum absolute atomic E-state index is 2.47. The Bertz CT molecular complexity index is 161. The molecule has 0 aliphatic heterocycles. The van der Waals surface area contributed by atoms with Crippen LogP contribution in [0.2, 0.25) is 0 Å². The van der Waals surface area contributed by atoms with Gasteiger partial charge in [-0.2, -0.15) is 0 Å². The molecule has 1 spiro atoms. The minimum atomic E-state index is 0.670. The van der Waals surface area contributed by atoms with Gasteiger partial charge in [0.25, 0.3) is 0 Å². The normalized spacial score (nSPS) is 39.0. The molecular weight excluding hydrogens is 132 g/mol. The SMILES string of the molecule is CC1CC(C)(C)C12CCCC2. The summed E-state index contributed by atoms with van der Waals surface area (Å²) in [6, 6.07) is 0. The molecule has 2 saturated carbocycles. The molecular formula is C11H20. The van der Waals surface area contributed by atoms with Gasteiger partial charge in [0.15, 0.2) is 0 Å². The van der Waals surface area contributed by atoms with Gasteiger partial charge in [-0.25, -0.2) is 0 Å². The fourth-order valence-electron chi connectivity index (χ4n) is 3.88. The zero-order valence-electron chi connectivity index (χ0n) is 8.11. The van der Waals surface area contributed by atoms with Crippen LogP contribution in [0.15, 0.2) is 0 Å². The molecule has 0 nitrogen and oxygen atoms in total. The summed E-state index contributed by atoms with van der Waals surface area (Å²) in [5, 5.41) is 0. The van der Waals surface area contributed by atoms with Gasteiger partial charge in [-0.1, -0.05) is 33.6 Å². The van der Waals surface area contributed by atoms with E-state index in [1.807, 2.05) is 0 Å². The van der Waals surface area contributed by atoms with Gasteiger partial charge < -0.3 is 0 Å². The van der Waals surface area contributed by atoms with Crippen LogP contribution in [-0.2, 0) is 0 Å². The molecule has 0 bridgehead atoms. The fraction of sp³-hybridized carbons (Fsp3) is 1.00. The van der Waals surface area contributed by atoms with Gasteiger partial charge in [-0.15, -0.1) is 0 Å². The van der Waals surface area contributed by atoms with Crippen molar-refractivity contribution in [2.75, 3.05) is 0 Å². The predicted molar refractivity (Wildman–Crippen MR) is 48.5 cm³/mol. The fourth-order valence-corrected chi connectivity index (χ4v) is 3.88. The van der Waals surface area contributed by atoms with Crippen molar-refractivity contribution in [3.63, 3.8) is 0 Å². The standard InChI is InChI=1S/C11H20/c1-9-8-10(2,3)11(9)6-4-5-7-11/h9H,4-8H2,1-3H3. The molecule has 1 atom stereocenters. The highest BCUT2D eigenvalue weighted by Gasteiger charge is 2.58. The van der Waals surface area contributed by atoms with E-state index in [0.717, 1.165) is 11.3 Å². The molecule has 0 saturated heterocycles.